The normalized spacial score (nSPS) is 13.9. The zero-order valence-electron chi connectivity index (χ0n) is 21.9. The Hall–Kier alpha value is -4.80. The Morgan fingerprint density at radius 2 is 1.42 bits per heavy atom. The van der Waals surface area contributed by atoms with Crippen LogP contribution in [-0.4, -0.2) is 84.9 Å². The van der Waals surface area contributed by atoms with Gasteiger partial charge in [0.05, 0.1) is 11.9 Å². The molecule has 1 aliphatic heterocycles. The molecule has 1 saturated heterocycles. The van der Waals surface area contributed by atoms with Crippen LogP contribution in [0.25, 0.3) is 16.9 Å². The fourth-order valence-corrected chi connectivity index (χ4v) is 3.85. The molecule has 5 rings (SSSR count). The highest BCUT2D eigenvalue weighted by atomic mass is 19.4. The second-order valence-electron chi connectivity index (χ2n) is 8.82. The fourth-order valence-electron chi connectivity index (χ4n) is 3.85. The number of pyridine rings is 1. The van der Waals surface area contributed by atoms with Crippen molar-refractivity contribution in [2.24, 2.45) is 0 Å². The second-order valence-corrected chi connectivity index (χ2v) is 8.82. The van der Waals surface area contributed by atoms with Crippen LogP contribution in [0.5, 0.6) is 0 Å². The lowest BCUT2D eigenvalue weighted by atomic mass is 10.1. The van der Waals surface area contributed by atoms with Crippen molar-refractivity contribution < 1.29 is 50.5 Å². The predicted molar refractivity (Wildman–Crippen MR) is 137 cm³/mol. The summed E-state index contributed by atoms with van der Waals surface area (Å²) in [6.45, 7) is 4.63. The van der Waals surface area contributed by atoms with Crippen molar-refractivity contribution in [1.82, 2.24) is 24.3 Å². The molecule has 1 fully saturated rings. The van der Waals surface area contributed by atoms with Crippen molar-refractivity contribution >= 4 is 23.4 Å². The third kappa shape index (κ3) is 9.35. The minimum atomic E-state index is -5.08. The summed E-state index contributed by atoms with van der Waals surface area (Å²) in [6, 6.07) is 10.7. The van der Waals surface area contributed by atoms with Crippen LogP contribution in [0.2, 0.25) is 0 Å². The van der Waals surface area contributed by atoms with E-state index in [1.54, 1.807) is 18.5 Å². The first-order chi connectivity index (χ1) is 20.2. The smallest absolute Gasteiger partial charge is 0.475 e. The molecule has 0 aliphatic carbocycles. The van der Waals surface area contributed by atoms with Gasteiger partial charge in [0.2, 0.25) is 0 Å². The van der Waals surface area contributed by atoms with Gasteiger partial charge in [-0.2, -0.15) is 26.3 Å². The van der Waals surface area contributed by atoms with Crippen LogP contribution >= 0.6 is 0 Å². The average molecular weight is 616 g/mol. The van der Waals surface area contributed by atoms with Crippen LogP contribution in [0.3, 0.4) is 0 Å². The minimum Gasteiger partial charge on any atom is -0.475 e. The molecule has 1 aliphatic rings. The van der Waals surface area contributed by atoms with Gasteiger partial charge in [0.1, 0.15) is 5.82 Å². The van der Waals surface area contributed by atoms with Gasteiger partial charge in [-0.05, 0) is 29.8 Å². The van der Waals surface area contributed by atoms with Crippen LogP contribution in [0.15, 0.2) is 67.4 Å². The SMILES string of the molecule is Fc1cccc(-c2cnc3c(N4CCN(Cc5ccncc5)CC4)nccn23)c1.O=C(O)C(F)(F)F.O=C(O)C(F)(F)F. The number of alkyl halides is 6. The van der Waals surface area contributed by atoms with Gasteiger partial charge in [-0.15, -0.1) is 0 Å². The number of hydrogen-bond acceptors (Lipinski definition) is 7. The average Bonchev–Trinajstić information content (AvgIpc) is 3.38. The number of fused-ring (bicyclic) bond motifs is 1. The number of carbonyl (C=O) groups is 2. The highest BCUT2D eigenvalue weighted by molar-refractivity contribution is 5.73. The quantitative estimate of drug-likeness (QED) is 0.319. The summed E-state index contributed by atoms with van der Waals surface area (Å²) >= 11 is 0. The lowest BCUT2D eigenvalue weighted by Gasteiger charge is -2.35. The molecule has 0 bridgehead atoms. The Morgan fingerprint density at radius 1 is 0.837 bits per heavy atom. The molecule has 43 heavy (non-hydrogen) atoms. The minimum absolute atomic E-state index is 0.253. The molecule has 0 spiro atoms. The van der Waals surface area contributed by atoms with E-state index in [4.69, 9.17) is 19.8 Å². The number of carboxylic acid groups (broad SMARTS) is 2. The molecule has 230 valence electrons. The van der Waals surface area contributed by atoms with Gasteiger partial charge in [0.15, 0.2) is 11.5 Å². The molecular formula is C26H23F7N6O4. The monoisotopic (exact) mass is 616 g/mol. The summed E-state index contributed by atoms with van der Waals surface area (Å²) in [5.41, 5.74) is 3.74. The van der Waals surface area contributed by atoms with E-state index in [-0.39, 0.29) is 5.82 Å². The van der Waals surface area contributed by atoms with Crippen molar-refractivity contribution in [2.75, 3.05) is 31.1 Å². The summed E-state index contributed by atoms with van der Waals surface area (Å²) in [5.74, 6) is -4.89. The zero-order valence-corrected chi connectivity index (χ0v) is 21.9. The number of piperazine rings is 1. The first-order valence-electron chi connectivity index (χ1n) is 12.2. The molecule has 3 aromatic heterocycles. The highest BCUT2D eigenvalue weighted by Crippen LogP contribution is 2.26. The first-order valence-corrected chi connectivity index (χ1v) is 12.2. The van der Waals surface area contributed by atoms with Gasteiger partial charge in [0, 0.05) is 63.1 Å². The number of halogens is 7. The number of aromatic nitrogens is 4. The van der Waals surface area contributed by atoms with Crippen molar-refractivity contribution in [3.05, 3.63) is 78.8 Å². The van der Waals surface area contributed by atoms with Crippen molar-refractivity contribution in [2.45, 2.75) is 18.9 Å². The van der Waals surface area contributed by atoms with E-state index >= 15 is 0 Å². The standard InChI is InChI=1S/C22H21FN6.2C2HF3O2/c23-19-3-1-2-18(14-19)20-15-26-22-21(25-8-9-29(20)22)28-12-10-27(11-13-28)16-17-4-6-24-7-5-17;2*3-2(4,5)1(6)7/h1-9,14-15H,10-13,16H2;2*(H,6,7). The maximum atomic E-state index is 13.7. The molecule has 0 unspecified atom stereocenters. The number of carboxylic acids is 2. The van der Waals surface area contributed by atoms with Crippen LogP contribution in [0.1, 0.15) is 5.56 Å². The lowest BCUT2D eigenvalue weighted by molar-refractivity contribution is -0.193. The number of benzene rings is 1. The second kappa shape index (κ2) is 13.9. The highest BCUT2D eigenvalue weighted by Gasteiger charge is 2.38. The lowest BCUT2D eigenvalue weighted by Crippen LogP contribution is -2.46. The maximum absolute atomic E-state index is 13.7. The Kier molecular flexibility index (Phi) is 10.6. The zero-order chi connectivity index (χ0) is 31.8. The number of nitrogens with zero attached hydrogens (tertiary/aromatic N) is 6. The van der Waals surface area contributed by atoms with Gasteiger partial charge >= 0.3 is 24.3 Å². The fraction of sp³-hybridized carbons (Fsp3) is 0.269. The number of hydrogen-bond donors (Lipinski definition) is 2. The Bertz CT molecular complexity index is 1500. The Labute approximate surface area is 238 Å². The van der Waals surface area contributed by atoms with E-state index in [9.17, 15) is 30.7 Å². The van der Waals surface area contributed by atoms with E-state index in [1.807, 2.05) is 29.1 Å². The van der Waals surface area contributed by atoms with Crippen LogP contribution < -0.4 is 4.90 Å². The predicted octanol–water partition coefficient (Wildman–Crippen LogP) is 4.52. The summed E-state index contributed by atoms with van der Waals surface area (Å²) in [7, 11) is 0. The van der Waals surface area contributed by atoms with Crippen LogP contribution in [0.4, 0.5) is 36.6 Å². The number of aliphatic carboxylic acids is 2. The number of anilines is 1. The molecule has 0 amide bonds. The molecule has 4 heterocycles. The van der Waals surface area contributed by atoms with E-state index in [1.165, 1.54) is 17.7 Å². The van der Waals surface area contributed by atoms with Gasteiger partial charge < -0.3 is 15.1 Å². The largest absolute Gasteiger partial charge is 0.490 e. The Balaban J connectivity index is 0.000000303. The molecular weight excluding hydrogens is 593 g/mol. The number of imidazole rings is 1. The molecule has 10 nitrogen and oxygen atoms in total. The summed E-state index contributed by atoms with van der Waals surface area (Å²) in [5, 5.41) is 14.2. The molecule has 0 atom stereocenters. The maximum Gasteiger partial charge on any atom is 0.490 e. The topological polar surface area (TPSA) is 124 Å². The summed E-state index contributed by atoms with van der Waals surface area (Å²) in [6.07, 6.45) is -1.04. The molecule has 1 aromatic carbocycles. The number of rotatable bonds is 4. The van der Waals surface area contributed by atoms with Crippen LogP contribution in [0, 0.1) is 5.82 Å². The first kappa shape index (κ1) is 32.7. The van der Waals surface area contributed by atoms with Gasteiger partial charge in [0.25, 0.3) is 0 Å². The van der Waals surface area contributed by atoms with Gasteiger partial charge in [-0.25, -0.2) is 23.9 Å². The van der Waals surface area contributed by atoms with Crippen molar-refractivity contribution in [3.63, 3.8) is 0 Å². The third-order valence-corrected chi connectivity index (χ3v) is 5.84. The van der Waals surface area contributed by atoms with Gasteiger partial charge in [-0.3, -0.25) is 14.3 Å². The molecule has 0 radical (unpaired) electrons. The molecule has 4 aromatic rings. The van der Waals surface area contributed by atoms with E-state index in [2.05, 4.69) is 36.9 Å². The van der Waals surface area contributed by atoms with Gasteiger partial charge in [-0.1, -0.05) is 12.1 Å². The summed E-state index contributed by atoms with van der Waals surface area (Å²) < 4.78 is 79.1. The van der Waals surface area contributed by atoms with E-state index in [0.717, 1.165) is 55.4 Å². The van der Waals surface area contributed by atoms with E-state index in [0.29, 0.717) is 0 Å². The third-order valence-electron chi connectivity index (χ3n) is 5.84. The molecule has 2 N–H and O–H groups in total. The Morgan fingerprint density at radius 3 is 1.95 bits per heavy atom. The summed E-state index contributed by atoms with van der Waals surface area (Å²) in [4.78, 5) is 35.8. The molecule has 0 saturated carbocycles. The van der Waals surface area contributed by atoms with Crippen molar-refractivity contribution in [1.29, 1.82) is 0 Å². The van der Waals surface area contributed by atoms with E-state index < -0.39 is 24.3 Å². The van der Waals surface area contributed by atoms with Crippen LogP contribution in [-0.2, 0) is 16.1 Å². The molecule has 17 heteroatoms. The van der Waals surface area contributed by atoms with Crippen molar-refractivity contribution in [3.8, 4) is 11.3 Å².